The predicted molar refractivity (Wildman–Crippen MR) is 73.8 cm³/mol. The van der Waals surface area contributed by atoms with E-state index in [1.165, 1.54) is 5.57 Å². The minimum Gasteiger partial charge on any atom is -0.346 e. The summed E-state index contributed by atoms with van der Waals surface area (Å²) in [6.45, 7) is 9.28. The zero-order valence-corrected chi connectivity index (χ0v) is 11.0. The van der Waals surface area contributed by atoms with Crippen LogP contribution < -0.4 is 4.90 Å². The Morgan fingerprint density at radius 1 is 1.44 bits per heavy atom. The second kappa shape index (κ2) is 5.70. The molecule has 88 valence electrons. The van der Waals surface area contributed by atoms with Gasteiger partial charge in [-0.3, -0.25) is 4.90 Å². The number of piperazine rings is 1. The van der Waals surface area contributed by atoms with Crippen molar-refractivity contribution in [2.75, 3.05) is 43.4 Å². The molecule has 0 aliphatic carbocycles. The normalized spacial score (nSPS) is 17.7. The lowest BCUT2D eigenvalue weighted by atomic mass is 10.2. The second-order valence-corrected chi connectivity index (χ2v) is 5.18. The van der Waals surface area contributed by atoms with Gasteiger partial charge in [-0.15, -0.1) is 11.3 Å². The van der Waals surface area contributed by atoms with E-state index in [1.807, 2.05) is 11.6 Å². The number of thiol groups is 1. The number of anilines is 1. The van der Waals surface area contributed by atoms with Crippen LogP contribution in [0, 0.1) is 0 Å². The third kappa shape index (κ3) is 2.99. The SMILES string of the molecule is C=C(CS)CN1CCN(c2nccs2)CC1. The Kier molecular flexibility index (Phi) is 4.26. The van der Waals surface area contributed by atoms with Crippen molar-refractivity contribution in [2.24, 2.45) is 0 Å². The van der Waals surface area contributed by atoms with Crippen LogP contribution in [0.25, 0.3) is 0 Å². The van der Waals surface area contributed by atoms with Gasteiger partial charge in [0.25, 0.3) is 0 Å². The van der Waals surface area contributed by atoms with Crippen molar-refractivity contribution in [1.29, 1.82) is 0 Å². The van der Waals surface area contributed by atoms with Gasteiger partial charge >= 0.3 is 0 Å². The summed E-state index contributed by atoms with van der Waals surface area (Å²) in [5, 5.41) is 3.18. The van der Waals surface area contributed by atoms with Crippen molar-refractivity contribution in [3.63, 3.8) is 0 Å². The van der Waals surface area contributed by atoms with Crippen LogP contribution in [0.2, 0.25) is 0 Å². The monoisotopic (exact) mass is 255 g/mol. The minimum atomic E-state index is 0.784. The lowest BCUT2D eigenvalue weighted by Gasteiger charge is -2.34. The maximum atomic E-state index is 4.34. The van der Waals surface area contributed by atoms with Crippen LogP contribution in [-0.2, 0) is 0 Å². The Morgan fingerprint density at radius 3 is 2.75 bits per heavy atom. The first-order valence-electron chi connectivity index (χ1n) is 5.44. The third-order valence-electron chi connectivity index (χ3n) is 2.73. The van der Waals surface area contributed by atoms with E-state index in [4.69, 9.17) is 0 Å². The molecule has 2 rings (SSSR count). The zero-order chi connectivity index (χ0) is 11.4. The fourth-order valence-corrected chi connectivity index (χ4v) is 2.63. The maximum absolute atomic E-state index is 4.34. The van der Waals surface area contributed by atoms with E-state index < -0.39 is 0 Å². The number of hydrogen-bond donors (Lipinski definition) is 1. The molecule has 0 bridgehead atoms. The lowest BCUT2D eigenvalue weighted by Crippen LogP contribution is -2.46. The molecule has 1 aliphatic rings. The van der Waals surface area contributed by atoms with Gasteiger partial charge in [-0.05, 0) is 0 Å². The topological polar surface area (TPSA) is 19.4 Å². The highest BCUT2D eigenvalue weighted by atomic mass is 32.1. The summed E-state index contributed by atoms with van der Waals surface area (Å²) >= 11 is 5.95. The molecule has 1 aromatic heterocycles. The summed E-state index contributed by atoms with van der Waals surface area (Å²) in [5.41, 5.74) is 1.20. The molecule has 0 unspecified atom stereocenters. The van der Waals surface area contributed by atoms with Gasteiger partial charge in [0.15, 0.2) is 5.13 Å². The Hall–Kier alpha value is -0.520. The molecule has 3 nitrogen and oxygen atoms in total. The average molecular weight is 255 g/mol. The number of aromatic nitrogens is 1. The van der Waals surface area contributed by atoms with E-state index in [-0.39, 0.29) is 0 Å². The summed E-state index contributed by atoms with van der Waals surface area (Å²) in [6, 6.07) is 0. The molecule has 1 aliphatic heterocycles. The summed E-state index contributed by atoms with van der Waals surface area (Å²) in [5.74, 6) is 0.784. The average Bonchev–Trinajstić information content (AvgIpc) is 2.83. The van der Waals surface area contributed by atoms with Gasteiger partial charge in [0.2, 0.25) is 0 Å². The van der Waals surface area contributed by atoms with E-state index in [9.17, 15) is 0 Å². The van der Waals surface area contributed by atoms with E-state index in [2.05, 4.69) is 34.0 Å². The van der Waals surface area contributed by atoms with Crippen molar-refractivity contribution in [3.05, 3.63) is 23.7 Å². The smallest absolute Gasteiger partial charge is 0.185 e. The van der Waals surface area contributed by atoms with E-state index in [0.717, 1.165) is 43.6 Å². The predicted octanol–water partition coefficient (Wildman–Crippen LogP) is 1.75. The van der Waals surface area contributed by atoms with Crippen molar-refractivity contribution >= 4 is 29.1 Å². The minimum absolute atomic E-state index is 0.784. The number of thiazole rings is 1. The highest BCUT2D eigenvalue weighted by molar-refractivity contribution is 7.80. The van der Waals surface area contributed by atoms with Gasteiger partial charge in [0.1, 0.15) is 0 Å². The van der Waals surface area contributed by atoms with E-state index in [1.54, 1.807) is 11.3 Å². The van der Waals surface area contributed by atoms with Crippen LogP contribution in [0.5, 0.6) is 0 Å². The number of rotatable bonds is 4. The van der Waals surface area contributed by atoms with Crippen LogP contribution in [0.1, 0.15) is 0 Å². The van der Waals surface area contributed by atoms with Crippen molar-refractivity contribution < 1.29 is 0 Å². The van der Waals surface area contributed by atoms with Crippen molar-refractivity contribution in [1.82, 2.24) is 9.88 Å². The van der Waals surface area contributed by atoms with Crippen LogP contribution >= 0.6 is 24.0 Å². The molecule has 0 spiro atoms. The highest BCUT2D eigenvalue weighted by Gasteiger charge is 2.18. The van der Waals surface area contributed by atoms with Gasteiger partial charge in [-0.1, -0.05) is 12.2 Å². The number of hydrogen-bond acceptors (Lipinski definition) is 5. The molecule has 0 amide bonds. The summed E-state index contributed by atoms with van der Waals surface area (Å²) in [7, 11) is 0. The zero-order valence-electron chi connectivity index (χ0n) is 9.30. The molecule has 5 heteroatoms. The maximum Gasteiger partial charge on any atom is 0.185 e. The van der Waals surface area contributed by atoms with Crippen molar-refractivity contribution in [3.8, 4) is 0 Å². The van der Waals surface area contributed by atoms with Gasteiger partial charge < -0.3 is 4.90 Å². The van der Waals surface area contributed by atoms with Crippen molar-refractivity contribution in [2.45, 2.75) is 0 Å². The fraction of sp³-hybridized carbons (Fsp3) is 0.545. The molecule has 1 saturated heterocycles. The van der Waals surface area contributed by atoms with Gasteiger partial charge in [-0.2, -0.15) is 12.6 Å². The molecule has 0 N–H and O–H groups in total. The molecule has 0 aromatic carbocycles. The van der Waals surface area contributed by atoms with Gasteiger partial charge in [0.05, 0.1) is 0 Å². The Bertz CT molecular complexity index is 329. The molecule has 1 aromatic rings. The van der Waals surface area contributed by atoms with Crippen LogP contribution in [0.3, 0.4) is 0 Å². The fourth-order valence-electron chi connectivity index (χ4n) is 1.84. The lowest BCUT2D eigenvalue weighted by molar-refractivity contribution is 0.279. The Balaban J connectivity index is 1.81. The van der Waals surface area contributed by atoms with Crippen LogP contribution in [0.15, 0.2) is 23.7 Å². The first-order chi connectivity index (χ1) is 7.79. The highest BCUT2D eigenvalue weighted by Crippen LogP contribution is 2.19. The standard InChI is InChI=1S/C11H17N3S2/c1-10(9-15)8-13-3-5-14(6-4-13)11-12-2-7-16-11/h2,7,15H,1,3-6,8-9H2. The van der Waals surface area contributed by atoms with Gasteiger partial charge in [-0.25, -0.2) is 4.98 Å². The molecular weight excluding hydrogens is 238 g/mol. The molecule has 0 radical (unpaired) electrons. The van der Waals surface area contributed by atoms with Gasteiger partial charge in [0, 0.05) is 50.1 Å². The van der Waals surface area contributed by atoms with Crippen LogP contribution in [-0.4, -0.2) is 48.4 Å². The Labute approximate surface area is 106 Å². The van der Waals surface area contributed by atoms with Crippen LogP contribution in [0.4, 0.5) is 5.13 Å². The second-order valence-electron chi connectivity index (χ2n) is 3.99. The summed E-state index contributed by atoms with van der Waals surface area (Å²) in [4.78, 5) is 9.12. The molecule has 1 fully saturated rings. The molecule has 2 heterocycles. The third-order valence-corrected chi connectivity index (χ3v) is 4.01. The molecule has 0 atom stereocenters. The number of nitrogens with zero attached hydrogens (tertiary/aromatic N) is 3. The quantitative estimate of drug-likeness (QED) is 0.653. The summed E-state index contributed by atoms with van der Waals surface area (Å²) in [6.07, 6.45) is 1.87. The van der Waals surface area contributed by atoms with E-state index in [0.29, 0.717) is 0 Å². The van der Waals surface area contributed by atoms with E-state index >= 15 is 0 Å². The first-order valence-corrected chi connectivity index (χ1v) is 6.95. The first kappa shape index (κ1) is 12.0. The Morgan fingerprint density at radius 2 is 2.19 bits per heavy atom. The molecule has 0 saturated carbocycles. The summed E-state index contributed by atoms with van der Waals surface area (Å²) < 4.78 is 0. The largest absolute Gasteiger partial charge is 0.346 e. The molecule has 16 heavy (non-hydrogen) atoms. The molecular formula is C11H17N3S2.